The van der Waals surface area contributed by atoms with Crippen molar-refractivity contribution in [3.8, 4) is 33.4 Å². The molecule has 72 heavy (non-hydrogen) atoms. The smallest absolute Gasteiger partial charge is 0.0714 e. The maximum atomic E-state index is 4.26. The van der Waals surface area contributed by atoms with E-state index in [0.717, 1.165) is 41.8 Å². The van der Waals surface area contributed by atoms with Crippen LogP contribution in [-0.2, 0) is 5.41 Å². The summed E-state index contributed by atoms with van der Waals surface area (Å²) in [7, 11) is 0. The van der Waals surface area contributed by atoms with Crippen molar-refractivity contribution < 1.29 is 0 Å². The van der Waals surface area contributed by atoms with Crippen LogP contribution in [0.3, 0.4) is 0 Å². The van der Waals surface area contributed by atoms with Crippen LogP contribution < -0.4 is 5.32 Å². The van der Waals surface area contributed by atoms with Gasteiger partial charge in [0.05, 0.1) is 10.9 Å². The molecule has 2 N–H and O–H groups in total. The molecule has 3 heteroatoms. The molecule has 7 aromatic carbocycles. The summed E-state index contributed by atoms with van der Waals surface area (Å²) in [5.41, 5.74) is 21.7. The lowest BCUT2D eigenvalue weighted by Gasteiger charge is -2.34. The number of anilines is 2. The van der Waals surface area contributed by atoms with Crippen LogP contribution in [0.4, 0.5) is 11.4 Å². The Morgan fingerprint density at radius 2 is 1.19 bits per heavy atom. The highest BCUT2D eigenvalue weighted by molar-refractivity contribution is 6.13. The van der Waals surface area contributed by atoms with Crippen molar-refractivity contribution in [2.24, 2.45) is 0 Å². The lowest BCUT2D eigenvalue weighted by molar-refractivity contribution is 0.767. The summed E-state index contributed by atoms with van der Waals surface area (Å²) in [6.45, 7) is 0. The molecule has 1 atom stereocenters. The summed E-state index contributed by atoms with van der Waals surface area (Å²) in [6.07, 6.45) is 39.7. The molecule has 2 heterocycles. The summed E-state index contributed by atoms with van der Waals surface area (Å²) in [4.78, 5) is 8.03. The molecule has 9 aromatic rings. The number of pyridine rings is 1. The van der Waals surface area contributed by atoms with Gasteiger partial charge in [-0.2, -0.15) is 0 Å². The summed E-state index contributed by atoms with van der Waals surface area (Å²) >= 11 is 0. The van der Waals surface area contributed by atoms with Gasteiger partial charge < -0.3 is 10.3 Å². The van der Waals surface area contributed by atoms with E-state index in [1.54, 1.807) is 6.20 Å². The van der Waals surface area contributed by atoms with Crippen molar-refractivity contribution >= 4 is 44.3 Å². The van der Waals surface area contributed by atoms with Gasteiger partial charge in [-0.1, -0.05) is 212 Å². The van der Waals surface area contributed by atoms with Gasteiger partial charge in [0, 0.05) is 45.6 Å². The molecule has 1 unspecified atom stereocenters. The molecule has 0 saturated heterocycles. The van der Waals surface area contributed by atoms with Crippen molar-refractivity contribution in [1.82, 2.24) is 9.97 Å². The standard InChI is InChI=1S/C37H28N2.C32H25N/c1-2-5-13-29(12-4-1)37(30-14-6-3-7-15-30)35-17-9-8-16-33(35)34-23-22-32(25-36(34)37)39-31-20-18-27(19-21-31)28-11-10-24-38-26-28;1-2-7-13-23(12-6-1)26-18-19-28-30-21-27(24-14-10-5-11-15-24)20-29(32(30)33-31(28)22-26)25-16-8-3-4-9-17-25/h1,3-26,39H,2H2;1-3,5-12,14-22,33H,4,13H2. The predicted molar refractivity (Wildman–Crippen MR) is 305 cm³/mol. The van der Waals surface area contributed by atoms with E-state index in [4.69, 9.17) is 0 Å². The van der Waals surface area contributed by atoms with Gasteiger partial charge in [-0.25, -0.2) is 0 Å². The minimum atomic E-state index is -0.403. The fourth-order valence-electron chi connectivity index (χ4n) is 10.9. The quantitative estimate of drug-likeness (QED) is 0.159. The van der Waals surface area contributed by atoms with Gasteiger partial charge in [0.15, 0.2) is 0 Å². The minimum Gasteiger partial charge on any atom is -0.356 e. The zero-order valence-corrected chi connectivity index (χ0v) is 40.0. The Morgan fingerprint density at radius 3 is 2.04 bits per heavy atom. The van der Waals surface area contributed by atoms with Crippen LogP contribution in [-0.4, -0.2) is 9.97 Å². The van der Waals surface area contributed by atoms with Crippen LogP contribution in [0.1, 0.15) is 47.1 Å². The summed E-state index contributed by atoms with van der Waals surface area (Å²) < 4.78 is 0. The third-order valence-electron chi connectivity index (χ3n) is 14.3. The van der Waals surface area contributed by atoms with Crippen molar-refractivity contribution in [1.29, 1.82) is 0 Å². The van der Waals surface area contributed by atoms with E-state index in [2.05, 4.69) is 270 Å². The second-order valence-electron chi connectivity index (χ2n) is 18.6. The monoisotopic (exact) mass is 923 g/mol. The zero-order valence-electron chi connectivity index (χ0n) is 40.0. The maximum Gasteiger partial charge on any atom is 0.0714 e. The lowest BCUT2D eigenvalue weighted by atomic mass is 9.67. The molecule has 0 aliphatic heterocycles. The molecule has 0 fully saturated rings. The number of allylic oxidation sites excluding steroid dienone is 18. The number of H-pyrrole nitrogens is 1. The van der Waals surface area contributed by atoms with E-state index in [1.165, 1.54) is 88.6 Å². The highest BCUT2D eigenvalue weighted by Gasteiger charge is 2.46. The number of hydrogen-bond donors (Lipinski definition) is 2. The van der Waals surface area contributed by atoms with Gasteiger partial charge in [0.25, 0.3) is 0 Å². The van der Waals surface area contributed by atoms with E-state index in [0.29, 0.717) is 0 Å². The van der Waals surface area contributed by atoms with Crippen LogP contribution >= 0.6 is 0 Å². The van der Waals surface area contributed by atoms with Crippen LogP contribution in [0.5, 0.6) is 0 Å². The van der Waals surface area contributed by atoms with Crippen LogP contribution in [0.15, 0.2) is 279 Å². The van der Waals surface area contributed by atoms with E-state index in [1.807, 2.05) is 12.3 Å². The number of nitrogens with one attached hydrogen (secondary N) is 2. The predicted octanol–water partition coefficient (Wildman–Crippen LogP) is 18.0. The first-order valence-electron chi connectivity index (χ1n) is 25.0. The molecule has 2 aromatic heterocycles. The molecule has 0 spiro atoms. The van der Waals surface area contributed by atoms with Crippen LogP contribution in [0, 0.1) is 0 Å². The molecular formula is C69H53N3. The SMILES string of the molecule is C1=CC=C(c2ccc3c(c2)[nH]c2c(C4=CC=CCC=C4)cc(-c4ccccc4)cc23)CC=C1.C1=CCC=CC(C2(c3ccccc3)c3ccccc3-c3ccc(Nc4ccc(-c5cccnc5)cc4)cc32)=C1. The Balaban J connectivity index is 0.000000149. The van der Waals surface area contributed by atoms with E-state index < -0.39 is 5.41 Å². The Kier molecular flexibility index (Phi) is 12.1. The van der Waals surface area contributed by atoms with Crippen molar-refractivity contribution in [3.63, 3.8) is 0 Å². The summed E-state index contributed by atoms with van der Waals surface area (Å²) in [5, 5.41) is 6.21. The highest BCUT2D eigenvalue weighted by atomic mass is 14.9. The van der Waals surface area contributed by atoms with Gasteiger partial charge >= 0.3 is 0 Å². The van der Waals surface area contributed by atoms with Crippen LogP contribution in [0.2, 0.25) is 0 Å². The number of benzene rings is 7. The fourth-order valence-corrected chi connectivity index (χ4v) is 10.9. The molecule has 0 amide bonds. The number of aromatic amines is 1. The highest BCUT2D eigenvalue weighted by Crippen LogP contribution is 2.57. The third-order valence-corrected chi connectivity index (χ3v) is 14.3. The average molecular weight is 924 g/mol. The Bertz CT molecular complexity index is 3760. The van der Waals surface area contributed by atoms with Crippen LogP contribution in [0.25, 0.3) is 66.3 Å². The van der Waals surface area contributed by atoms with E-state index in [-0.39, 0.29) is 0 Å². The first-order chi connectivity index (χ1) is 35.7. The largest absolute Gasteiger partial charge is 0.356 e. The number of nitrogens with zero attached hydrogens (tertiary/aromatic N) is 1. The van der Waals surface area contributed by atoms with Gasteiger partial charge in [0.2, 0.25) is 0 Å². The Hall–Kier alpha value is -9.05. The average Bonchev–Trinajstić information content (AvgIpc) is 3.68. The summed E-state index contributed by atoms with van der Waals surface area (Å²) in [5.74, 6) is 0. The normalized spacial score (nSPS) is 16.4. The Labute approximate surface area is 422 Å². The van der Waals surface area contributed by atoms with Gasteiger partial charge in [0.1, 0.15) is 0 Å². The first kappa shape index (κ1) is 44.2. The van der Waals surface area contributed by atoms with E-state index in [9.17, 15) is 0 Å². The summed E-state index contributed by atoms with van der Waals surface area (Å²) in [6, 6.07) is 61.4. The number of rotatable bonds is 8. The fraction of sp³-hybridized carbons (Fsp3) is 0.0580. The number of fused-ring (bicyclic) bond motifs is 6. The molecule has 3 nitrogen and oxygen atoms in total. The van der Waals surface area contributed by atoms with Gasteiger partial charge in [-0.3, -0.25) is 4.98 Å². The first-order valence-corrected chi connectivity index (χ1v) is 25.0. The minimum absolute atomic E-state index is 0.403. The molecule has 0 radical (unpaired) electrons. The molecular weight excluding hydrogens is 871 g/mol. The molecule has 0 saturated carbocycles. The molecule has 344 valence electrons. The van der Waals surface area contributed by atoms with Gasteiger partial charge in [-0.05, 0) is 140 Å². The topological polar surface area (TPSA) is 40.7 Å². The zero-order chi connectivity index (χ0) is 48.1. The lowest BCUT2D eigenvalue weighted by Crippen LogP contribution is -2.29. The second-order valence-corrected chi connectivity index (χ2v) is 18.6. The van der Waals surface area contributed by atoms with Crippen molar-refractivity contribution in [2.45, 2.75) is 24.7 Å². The number of aromatic nitrogens is 2. The van der Waals surface area contributed by atoms with Crippen molar-refractivity contribution in [3.05, 3.63) is 307 Å². The molecule has 4 aliphatic carbocycles. The van der Waals surface area contributed by atoms with Crippen molar-refractivity contribution in [2.75, 3.05) is 5.32 Å². The second kappa shape index (κ2) is 19.7. The molecule has 4 aliphatic rings. The maximum absolute atomic E-state index is 4.26. The molecule has 13 rings (SSSR count). The molecule has 0 bridgehead atoms. The third kappa shape index (κ3) is 8.46. The van der Waals surface area contributed by atoms with E-state index >= 15 is 0 Å². The number of hydrogen-bond acceptors (Lipinski definition) is 2. The Morgan fingerprint density at radius 1 is 0.458 bits per heavy atom. The van der Waals surface area contributed by atoms with Gasteiger partial charge in [-0.15, -0.1) is 0 Å².